The first-order valence-electron chi connectivity index (χ1n) is 8.05. The molecule has 21 heavy (non-hydrogen) atoms. The van der Waals surface area contributed by atoms with Gasteiger partial charge in [0.1, 0.15) is 0 Å². The molecule has 0 radical (unpaired) electrons. The van der Waals surface area contributed by atoms with Gasteiger partial charge in [0, 0.05) is 19.6 Å². The van der Waals surface area contributed by atoms with Gasteiger partial charge in [-0.3, -0.25) is 0 Å². The highest BCUT2D eigenvalue weighted by Crippen LogP contribution is 2.26. The molecule has 2 fully saturated rings. The second-order valence-corrected chi connectivity index (χ2v) is 6.30. The van der Waals surface area contributed by atoms with E-state index >= 15 is 0 Å². The van der Waals surface area contributed by atoms with Crippen LogP contribution in [0.2, 0.25) is 0 Å². The van der Waals surface area contributed by atoms with Crippen LogP contribution in [0.1, 0.15) is 56.2 Å². The molecule has 0 unspecified atom stereocenters. The summed E-state index contributed by atoms with van der Waals surface area (Å²) in [5.41, 5.74) is 0. The van der Waals surface area contributed by atoms with Crippen LogP contribution >= 0.6 is 0 Å². The number of nitrogens with zero attached hydrogens (tertiary/aromatic N) is 3. The van der Waals surface area contributed by atoms with Gasteiger partial charge in [-0.25, -0.2) is 4.79 Å². The van der Waals surface area contributed by atoms with Crippen LogP contribution in [-0.4, -0.2) is 40.7 Å². The molecule has 1 N–H and O–H groups in total. The molecule has 1 aliphatic heterocycles. The Morgan fingerprint density at radius 2 is 2.14 bits per heavy atom. The molecule has 1 atom stereocenters. The molecule has 0 bridgehead atoms. The Balaban J connectivity index is 1.51. The van der Waals surface area contributed by atoms with E-state index in [-0.39, 0.29) is 11.9 Å². The van der Waals surface area contributed by atoms with Crippen molar-refractivity contribution < 1.29 is 9.32 Å². The summed E-state index contributed by atoms with van der Waals surface area (Å²) < 4.78 is 5.25. The van der Waals surface area contributed by atoms with Crippen LogP contribution in [0.15, 0.2) is 4.52 Å². The van der Waals surface area contributed by atoms with Crippen molar-refractivity contribution in [3.05, 3.63) is 11.7 Å². The summed E-state index contributed by atoms with van der Waals surface area (Å²) in [6.07, 6.45) is 7.12. The number of aryl methyl sites for hydroxylation is 1. The molecule has 3 rings (SSSR count). The number of hydrogen-bond acceptors (Lipinski definition) is 4. The predicted octanol–water partition coefficient (Wildman–Crippen LogP) is 2.46. The van der Waals surface area contributed by atoms with Gasteiger partial charge in [-0.15, -0.1) is 0 Å². The number of rotatable bonds is 3. The lowest BCUT2D eigenvalue weighted by Crippen LogP contribution is -2.46. The Morgan fingerprint density at radius 1 is 1.33 bits per heavy atom. The number of carbonyl (C=O) groups excluding carboxylic acids is 1. The lowest BCUT2D eigenvalue weighted by atomic mass is 9.98. The van der Waals surface area contributed by atoms with Gasteiger partial charge in [-0.05, 0) is 38.5 Å². The van der Waals surface area contributed by atoms with E-state index in [4.69, 9.17) is 4.52 Å². The van der Waals surface area contributed by atoms with Crippen molar-refractivity contribution in [3.63, 3.8) is 0 Å². The summed E-state index contributed by atoms with van der Waals surface area (Å²) in [4.78, 5) is 18.5. The monoisotopic (exact) mass is 292 g/mol. The van der Waals surface area contributed by atoms with E-state index in [1.54, 1.807) is 0 Å². The van der Waals surface area contributed by atoms with Gasteiger partial charge in [0.05, 0.1) is 5.92 Å². The van der Waals surface area contributed by atoms with E-state index in [2.05, 4.69) is 15.5 Å². The van der Waals surface area contributed by atoms with E-state index in [0.717, 1.165) is 25.9 Å². The van der Waals surface area contributed by atoms with E-state index in [1.165, 1.54) is 25.7 Å². The molecular formula is C15H24N4O2. The van der Waals surface area contributed by atoms with Crippen molar-refractivity contribution in [2.45, 2.75) is 51.4 Å². The molecule has 1 aromatic rings. The molecule has 1 aliphatic carbocycles. The van der Waals surface area contributed by atoms with E-state index in [0.29, 0.717) is 24.2 Å². The summed E-state index contributed by atoms with van der Waals surface area (Å²) in [6, 6.07) is 0.0582. The first-order valence-corrected chi connectivity index (χ1v) is 8.05. The highest BCUT2D eigenvalue weighted by atomic mass is 16.5. The maximum atomic E-state index is 12.3. The zero-order valence-electron chi connectivity index (χ0n) is 12.7. The Labute approximate surface area is 125 Å². The van der Waals surface area contributed by atoms with Crippen molar-refractivity contribution >= 4 is 6.03 Å². The number of hydrogen-bond donors (Lipinski definition) is 1. The third-order valence-electron chi connectivity index (χ3n) is 4.62. The fourth-order valence-corrected chi connectivity index (χ4v) is 3.40. The minimum atomic E-state index is 0.0582. The van der Waals surface area contributed by atoms with Crippen molar-refractivity contribution in [3.8, 4) is 0 Å². The topological polar surface area (TPSA) is 71.3 Å². The zero-order valence-corrected chi connectivity index (χ0v) is 12.7. The molecule has 2 amide bonds. The summed E-state index contributed by atoms with van der Waals surface area (Å²) in [6.45, 7) is 4.14. The summed E-state index contributed by atoms with van der Waals surface area (Å²) >= 11 is 0. The van der Waals surface area contributed by atoms with Gasteiger partial charge in [0.2, 0.25) is 5.89 Å². The standard InChI is InChI=1S/C15H24N4O2/c1-11-17-14(21-18-11)13-7-4-8-19(10-13)15(20)16-9-12-5-2-3-6-12/h12-13H,2-10H2,1H3,(H,16,20)/t13-/m1/s1. The van der Waals surface area contributed by atoms with Gasteiger partial charge in [-0.2, -0.15) is 4.98 Å². The van der Waals surface area contributed by atoms with Gasteiger partial charge >= 0.3 is 6.03 Å². The third kappa shape index (κ3) is 3.54. The number of piperidine rings is 1. The number of likely N-dealkylation sites (tertiary alicyclic amines) is 1. The van der Waals surface area contributed by atoms with Crippen LogP contribution in [0.25, 0.3) is 0 Å². The van der Waals surface area contributed by atoms with Gasteiger partial charge < -0.3 is 14.7 Å². The second-order valence-electron chi connectivity index (χ2n) is 6.30. The number of aromatic nitrogens is 2. The lowest BCUT2D eigenvalue weighted by Gasteiger charge is -2.31. The average molecular weight is 292 g/mol. The molecule has 1 saturated heterocycles. The molecule has 1 aromatic heterocycles. The van der Waals surface area contributed by atoms with Crippen LogP contribution in [0, 0.1) is 12.8 Å². The highest BCUT2D eigenvalue weighted by molar-refractivity contribution is 5.74. The Bertz CT molecular complexity index is 482. The fraction of sp³-hybridized carbons (Fsp3) is 0.800. The molecule has 2 heterocycles. The lowest BCUT2D eigenvalue weighted by molar-refractivity contribution is 0.170. The molecule has 1 saturated carbocycles. The fourth-order valence-electron chi connectivity index (χ4n) is 3.40. The van der Waals surface area contributed by atoms with E-state index in [1.807, 2.05) is 11.8 Å². The molecule has 6 nitrogen and oxygen atoms in total. The van der Waals surface area contributed by atoms with E-state index < -0.39 is 0 Å². The molecule has 0 spiro atoms. The Kier molecular flexibility index (Phi) is 4.41. The first kappa shape index (κ1) is 14.4. The third-order valence-corrected chi connectivity index (χ3v) is 4.62. The van der Waals surface area contributed by atoms with Gasteiger partial charge in [0.25, 0.3) is 0 Å². The smallest absolute Gasteiger partial charge is 0.317 e. The quantitative estimate of drug-likeness (QED) is 0.929. The SMILES string of the molecule is Cc1noc([C@@H]2CCCN(C(=O)NCC3CCCC3)C2)n1. The normalized spacial score (nSPS) is 23.5. The highest BCUT2D eigenvalue weighted by Gasteiger charge is 2.28. The summed E-state index contributed by atoms with van der Waals surface area (Å²) in [5.74, 6) is 2.18. The summed E-state index contributed by atoms with van der Waals surface area (Å²) in [5, 5.41) is 6.94. The first-order chi connectivity index (χ1) is 10.2. The maximum Gasteiger partial charge on any atom is 0.317 e. The minimum Gasteiger partial charge on any atom is -0.339 e. The molecule has 2 aliphatic rings. The Hall–Kier alpha value is -1.59. The summed E-state index contributed by atoms with van der Waals surface area (Å²) in [7, 11) is 0. The largest absolute Gasteiger partial charge is 0.339 e. The maximum absolute atomic E-state index is 12.3. The van der Waals surface area contributed by atoms with Crippen LogP contribution in [0.4, 0.5) is 4.79 Å². The minimum absolute atomic E-state index is 0.0582. The van der Waals surface area contributed by atoms with Crippen LogP contribution in [-0.2, 0) is 0 Å². The van der Waals surface area contributed by atoms with E-state index in [9.17, 15) is 4.79 Å². The molecule has 116 valence electrons. The zero-order chi connectivity index (χ0) is 14.7. The molecule has 6 heteroatoms. The second kappa shape index (κ2) is 6.45. The van der Waals surface area contributed by atoms with Crippen LogP contribution in [0.5, 0.6) is 0 Å². The predicted molar refractivity (Wildman–Crippen MR) is 77.9 cm³/mol. The van der Waals surface area contributed by atoms with Crippen molar-refractivity contribution in [2.75, 3.05) is 19.6 Å². The number of urea groups is 1. The van der Waals surface area contributed by atoms with Crippen molar-refractivity contribution in [1.29, 1.82) is 0 Å². The Morgan fingerprint density at radius 3 is 2.86 bits per heavy atom. The van der Waals surface area contributed by atoms with Crippen molar-refractivity contribution in [2.24, 2.45) is 5.92 Å². The number of amides is 2. The molecule has 0 aromatic carbocycles. The average Bonchev–Trinajstić information content (AvgIpc) is 3.16. The van der Waals surface area contributed by atoms with Crippen molar-refractivity contribution in [1.82, 2.24) is 20.4 Å². The molecular weight excluding hydrogens is 268 g/mol. The van der Waals surface area contributed by atoms with Gasteiger partial charge in [0.15, 0.2) is 5.82 Å². The number of carbonyl (C=O) groups is 1. The van der Waals surface area contributed by atoms with Gasteiger partial charge in [-0.1, -0.05) is 18.0 Å². The van der Waals surface area contributed by atoms with Crippen LogP contribution in [0.3, 0.4) is 0 Å². The van der Waals surface area contributed by atoms with Crippen LogP contribution < -0.4 is 5.32 Å². The number of nitrogens with one attached hydrogen (secondary N) is 1.